The lowest BCUT2D eigenvalue weighted by Crippen LogP contribution is -2.30. The Morgan fingerprint density at radius 3 is 2.25 bits per heavy atom. The topological polar surface area (TPSA) is 54.5 Å². The molecule has 0 aliphatic carbocycles. The molecule has 1 saturated heterocycles. The summed E-state index contributed by atoms with van der Waals surface area (Å²) in [6, 6.07) is 5.96. The Bertz CT molecular complexity index is 622. The summed E-state index contributed by atoms with van der Waals surface area (Å²) >= 11 is 0. The fourth-order valence-electron chi connectivity index (χ4n) is 2.69. The van der Waals surface area contributed by atoms with E-state index in [0.29, 0.717) is 0 Å². The van der Waals surface area contributed by atoms with Crippen LogP contribution in [0.3, 0.4) is 0 Å². The third kappa shape index (κ3) is 3.15. The maximum atomic E-state index is 12.0. The molecule has 4 nitrogen and oxygen atoms in total. The van der Waals surface area contributed by atoms with E-state index in [1.807, 2.05) is 32.9 Å². The van der Waals surface area contributed by atoms with Gasteiger partial charge in [0, 0.05) is 23.6 Å². The van der Waals surface area contributed by atoms with Gasteiger partial charge in [0.05, 0.1) is 6.04 Å². The van der Waals surface area contributed by atoms with E-state index in [1.165, 1.54) is 0 Å². The summed E-state index contributed by atoms with van der Waals surface area (Å²) in [7, 11) is 1.67. The van der Waals surface area contributed by atoms with Gasteiger partial charge in [-0.25, -0.2) is 8.42 Å². The molecule has 1 aromatic rings. The maximum Gasteiger partial charge on any atom is 0.237 e. The number of hydrogen-bond donors (Lipinski definition) is 0. The zero-order valence-electron chi connectivity index (χ0n) is 11.8. The van der Waals surface area contributed by atoms with Gasteiger partial charge in [-0.15, -0.1) is 0 Å². The zero-order chi connectivity index (χ0) is 15.1. The van der Waals surface area contributed by atoms with Crippen LogP contribution in [0, 0.1) is 13.8 Å². The first kappa shape index (κ1) is 15.3. The highest BCUT2D eigenvalue weighted by Gasteiger charge is 2.39. The second-order valence-electron chi connectivity index (χ2n) is 5.44. The van der Waals surface area contributed by atoms with Gasteiger partial charge >= 0.3 is 0 Å². The first-order valence-electron chi connectivity index (χ1n) is 6.49. The van der Waals surface area contributed by atoms with Crippen LogP contribution in [0.5, 0.6) is 0 Å². The van der Waals surface area contributed by atoms with Gasteiger partial charge in [0.2, 0.25) is 15.0 Å². The van der Waals surface area contributed by atoms with E-state index in [2.05, 4.69) is 6.07 Å². The van der Waals surface area contributed by atoms with Crippen molar-refractivity contribution in [3.8, 4) is 0 Å². The summed E-state index contributed by atoms with van der Waals surface area (Å²) in [5, 5.41) is -0.801. The van der Waals surface area contributed by atoms with Crippen LogP contribution in [-0.2, 0) is 13.8 Å². The Balaban J connectivity index is 2.25. The number of carbonyl (C=O) groups is 1. The average Bonchev–Trinajstić information content (AvgIpc) is 2.69. The van der Waals surface area contributed by atoms with Gasteiger partial charge in [-0.3, -0.25) is 4.79 Å². The summed E-state index contributed by atoms with van der Waals surface area (Å²) in [5.41, 5.74) is 3.27. The van der Waals surface area contributed by atoms with Crippen LogP contribution >= 0.6 is 10.7 Å². The van der Waals surface area contributed by atoms with E-state index in [-0.39, 0.29) is 24.9 Å². The summed E-state index contributed by atoms with van der Waals surface area (Å²) < 4.78 is 22.8. The lowest BCUT2D eigenvalue weighted by molar-refractivity contribution is -0.129. The highest BCUT2D eigenvalue weighted by molar-refractivity contribution is 8.14. The van der Waals surface area contributed by atoms with Crippen molar-refractivity contribution in [1.29, 1.82) is 0 Å². The second kappa shape index (κ2) is 5.37. The number of benzene rings is 1. The lowest BCUT2D eigenvalue weighted by Gasteiger charge is -2.25. The van der Waals surface area contributed by atoms with Crippen LogP contribution in [0.4, 0.5) is 0 Å². The molecule has 0 N–H and O–H groups in total. The molecule has 1 aliphatic heterocycles. The smallest absolute Gasteiger partial charge is 0.237 e. The number of amides is 1. The van der Waals surface area contributed by atoms with Gasteiger partial charge in [0.25, 0.3) is 0 Å². The van der Waals surface area contributed by atoms with Crippen LogP contribution < -0.4 is 0 Å². The van der Waals surface area contributed by atoms with Crippen LogP contribution in [0.1, 0.15) is 36.1 Å². The van der Waals surface area contributed by atoms with Gasteiger partial charge in [0.15, 0.2) is 0 Å². The van der Waals surface area contributed by atoms with Gasteiger partial charge < -0.3 is 4.90 Å². The molecular weight excluding hydrogens is 298 g/mol. The molecule has 0 spiro atoms. The van der Waals surface area contributed by atoms with Crippen molar-refractivity contribution < 1.29 is 13.2 Å². The van der Waals surface area contributed by atoms with E-state index in [4.69, 9.17) is 10.7 Å². The minimum atomic E-state index is -3.69. The van der Waals surface area contributed by atoms with Gasteiger partial charge in [0.1, 0.15) is 5.25 Å². The SMILES string of the molecule is Cc1cc(C)cc(C(C)N2CC(S(=O)(=O)Cl)CC2=O)c1. The molecule has 6 heteroatoms. The molecule has 2 rings (SSSR count). The number of carbonyl (C=O) groups excluding carboxylic acids is 1. The van der Waals surface area contributed by atoms with E-state index in [1.54, 1.807) is 4.90 Å². The van der Waals surface area contributed by atoms with Gasteiger partial charge in [-0.05, 0) is 26.3 Å². The Hall–Kier alpha value is -1.07. The molecule has 2 unspecified atom stereocenters. The quantitative estimate of drug-likeness (QED) is 0.805. The molecular formula is C14H18ClNO3S. The minimum Gasteiger partial charge on any atom is -0.335 e. The van der Waals surface area contributed by atoms with E-state index in [0.717, 1.165) is 16.7 Å². The average molecular weight is 316 g/mol. The Kier molecular flexibility index (Phi) is 4.12. The second-order valence-corrected chi connectivity index (χ2v) is 8.35. The molecule has 1 aromatic carbocycles. The van der Waals surface area contributed by atoms with E-state index >= 15 is 0 Å². The van der Waals surface area contributed by atoms with Crippen LogP contribution in [0.15, 0.2) is 18.2 Å². The monoisotopic (exact) mass is 315 g/mol. The predicted octanol–water partition coefficient (Wildman–Crippen LogP) is 2.53. The molecule has 0 saturated carbocycles. The van der Waals surface area contributed by atoms with Crippen molar-refractivity contribution >= 4 is 25.6 Å². The van der Waals surface area contributed by atoms with Crippen molar-refractivity contribution in [2.75, 3.05) is 6.54 Å². The molecule has 0 aromatic heterocycles. The third-order valence-corrected chi connectivity index (χ3v) is 5.58. The minimum absolute atomic E-state index is 0.0268. The number of hydrogen-bond acceptors (Lipinski definition) is 3. The fraction of sp³-hybridized carbons (Fsp3) is 0.500. The summed E-state index contributed by atoms with van der Waals surface area (Å²) in [4.78, 5) is 13.6. The molecule has 2 atom stereocenters. The van der Waals surface area contributed by atoms with Crippen LogP contribution in [0.25, 0.3) is 0 Å². The molecule has 1 amide bonds. The number of rotatable bonds is 3. The molecule has 0 bridgehead atoms. The Morgan fingerprint density at radius 1 is 1.25 bits per heavy atom. The largest absolute Gasteiger partial charge is 0.335 e. The first-order valence-corrected chi connectivity index (χ1v) is 8.87. The molecule has 20 heavy (non-hydrogen) atoms. The van der Waals surface area contributed by atoms with Crippen molar-refractivity contribution in [2.24, 2.45) is 0 Å². The van der Waals surface area contributed by atoms with E-state index in [9.17, 15) is 13.2 Å². The summed E-state index contributed by atoms with van der Waals surface area (Å²) in [6.45, 7) is 6.08. The van der Waals surface area contributed by atoms with Crippen LogP contribution in [-0.4, -0.2) is 31.0 Å². The normalized spacial score (nSPS) is 21.3. The molecule has 0 radical (unpaired) electrons. The molecule has 1 fully saturated rings. The predicted molar refractivity (Wildman–Crippen MR) is 79.2 cm³/mol. The molecule has 1 aliphatic rings. The maximum absolute atomic E-state index is 12.0. The highest BCUT2D eigenvalue weighted by Crippen LogP contribution is 2.30. The van der Waals surface area contributed by atoms with Crippen molar-refractivity contribution in [1.82, 2.24) is 4.90 Å². The van der Waals surface area contributed by atoms with Crippen molar-refractivity contribution in [3.05, 3.63) is 34.9 Å². The summed E-state index contributed by atoms with van der Waals surface area (Å²) in [6.07, 6.45) is -0.0268. The Labute approximate surface area is 124 Å². The van der Waals surface area contributed by atoms with Gasteiger partial charge in [-0.2, -0.15) is 0 Å². The fourth-order valence-corrected chi connectivity index (χ4v) is 3.73. The van der Waals surface area contributed by atoms with Crippen molar-refractivity contribution in [3.63, 3.8) is 0 Å². The first-order chi connectivity index (χ1) is 9.18. The molecule has 110 valence electrons. The van der Waals surface area contributed by atoms with E-state index < -0.39 is 14.3 Å². The third-order valence-electron chi connectivity index (χ3n) is 3.72. The standard InChI is InChI=1S/C14H18ClNO3S/c1-9-4-10(2)6-12(5-9)11(3)16-8-13(7-14(16)17)20(15,18)19/h4-6,11,13H,7-8H2,1-3H3. The highest BCUT2D eigenvalue weighted by atomic mass is 35.7. The number of nitrogens with zero attached hydrogens (tertiary/aromatic N) is 1. The zero-order valence-corrected chi connectivity index (χ0v) is 13.3. The Morgan fingerprint density at radius 2 is 1.80 bits per heavy atom. The molecule has 1 heterocycles. The van der Waals surface area contributed by atoms with Crippen molar-refractivity contribution in [2.45, 2.75) is 38.5 Å². The van der Waals surface area contributed by atoms with Gasteiger partial charge in [-0.1, -0.05) is 29.3 Å². The number of likely N-dealkylation sites (tertiary alicyclic amines) is 1. The lowest BCUT2D eigenvalue weighted by atomic mass is 10.0. The van der Waals surface area contributed by atoms with Crippen LogP contribution in [0.2, 0.25) is 0 Å². The number of halogens is 1. The summed E-state index contributed by atoms with van der Waals surface area (Å²) in [5.74, 6) is -0.161. The number of aryl methyl sites for hydroxylation is 2.